The lowest BCUT2D eigenvalue weighted by atomic mass is 10.1. The third kappa shape index (κ3) is 4.09. The van der Waals surface area contributed by atoms with Crippen molar-refractivity contribution in [2.45, 2.75) is 6.92 Å². The van der Waals surface area contributed by atoms with E-state index in [4.69, 9.17) is 46.4 Å². The van der Waals surface area contributed by atoms with Gasteiger partial charge in [-0.1, -0.05) is 46.4 Å². The van der Waals surface area contributed by atoms with Crippen LogP contribution in [0, 0.1) is 0 Å². The number of anilines is 1. The molecule has 0 spiro atoms. The summed E-state index contributed by atoms with van der Waals surface area (Å²) in [5.41, 5.74) is 0.365. The quantitative estimate of drug-likeness (QED) is 0.552. The zero-order valence-corrected chi connectivity index (χ0v) is 16.7. The van der Waals surface area contributed by atoms with Crippen molar-refractivity contribution in [3.8, 4) is 5.82 Å². The number of nitrogens with one attached hydrogen (secondary N) is 1. The van der Waals surface area contributed by atoms with Crippen LogP contribution in [0.1, 0.15) is 27.8 Å². The van der Waals surface area contributed by atoms with Gasteiger partial charge in [-0.3, -0.25) is 9.59 Å². The number of halogens is 4. The molecule has 3 rings (SSSR count). The highest BCUT2D eigenvalue weighted by Crippen LogP contribution is 2.31. The molecular weight excluding hydrogens is 434 g/mol. The van der Waals surface area contributed by atoms with Crippen LogP contribution in [0.2, 0.25) is 20.2 Å². The molecule has 2 aromatic heterocycles. The van der Waals surface area contributed by atoms with Crippen LogP contribution >= 0.6 is 46.4 Å². The molecule has 1 aromatic carbocycles. The van der Waals surface area contributed by atoms with Gasteiger partial charge in [0.2, 0.25) is 0 Å². The van der Waals surface area contributed by atoms with Crippen molar-refractivity contribution >= 4 is 63.8 Å². The summed E-state index contributed by atoms with van der Waals surface area (Å²) >= 11 is 24.2. The molecular formula is C17H10Cl4N4O2. The van der Waals surface area contributed by atoms with Gasteiger partial charge in [-0.05, 0) is 31.2 Å². The fourth-order valence-electron chi connectivity index (χ4n) is 2.36. The van der Waals surface area contributed by atoms with E-state index in [9.17, 15) is 9.59 Å². The predicted molar refractivity (Wildman–Crippen MR) is 106 cm³/mol. The van der Waals surface area contributed by atoms with E-state index in [2.05, 4.69) is 15.4 Å². The fraction of sp³-hybridized carbons (Fsp3) is 0.0588. The summed E-state index contributed by atoms with van der Waals surface area (Å²) in [7, 11) is 0. The SMILES string of the molecule is CC(=O)c1cc(Cl)cc(Cl)c1NC(=O)c1cc(Cl)nn1-c1ncccc1Cl. The van der Waals surface area contributed by atoms with Crippen molar-refractivity contribution in [3.63, 3.8) is 0 Å². The van der Waals surface area contributed by atoms with Crippen LogP contribution in [-0.4, -0.2) is 26.5 Å². The zero-order chi connectivity index (χ0) is 19.7. The lowest BCUT2D eigenvalue weighted by Gasteiger charge is -2.13. The molecule has 2 heterocycles. The van der Waals surface area contributed by atoms with E-state index in [0.29, 0.717) is 0 Å². The Hall–Kier alpha value is -2.12. The molecule has 6 nitrogen and oxygen atoms in total. The molecule has 3 aromatic rings. The standard InChI is InChI=1S/C17H10Cl4N4O2/c1-8(26)10-5-9(18)6-12(20)15(10)23-17(27)13-7-14(21)24-25(13)16-11(19)3-2-4-22-16/h2-7H,1H3,(H,23,27). The lowest BCUT2D eigenvalue weighted by Crippen LogP contribution is -2.19. The third-order valence-corrected chi connectivity index (χ3v) is 4.52. The van der Waals surface area contributed by atoms with Gasteiger partial charge in [-0.2, -0.15) is 5.10 Å². The molecule has 0 bridgehead atoms. The second-order valence-corrected chi connectivity index (χ2v) is 7.03. The van der Waals surface area contributed by atoms with Gasteiger partial charge >= 0.3 is 0 Å². The second-order valence-electron chi connectivity index (χ2n) is 5.39. The Morgan fingerprint density at radius 2 is 1.81 bits per heavy atom. The number of carbonyl (C=O) groups excluding carboxylic acids is 2. The van der Waals surface area contributed by atoms with Crippen molar-refractivity contribution in [2.24, 2.45) is 0 Å². The number of rotatable bonds is 4. The average molecular weight is 444 g/mol. The van der Waals surface area contributed by atoms with Crippen LogP contribution in [0.5, 0.6) is 0 Å². The first-order valence-corrected chi connectivity index (χ1v) is 8.97. The minimum Gasteiger partial charge on any atom is -0.319 e. The van der Waals surface area contributed by atoms with Crippen molar-refractivity contribution in [1.29, 1.82) is 0 Å². The van der Waals surface area contributed by atoms with Gasteiger partial charge in [-0.15, -0.1) is 0 Å². The van der Waals surface area contributed by atoms with E-state index in [1.807, 2.05) is 0 Å². The van der Waals surface area contributed by atoms with Gasteiger partial charge < -0.3 is 5.32 Å². The molecule has 138 valence electrons. The number of hydrogen-bond donors (Lipinski definition) is 1. The molecule has 0 unspecified atom stereocenters. The van der Waals surface area contributed by atoms with Crippen LogP contribution in [0.25, 0.3) is 5.82 Å². The molecule has 1 amide bonds. The smallest absolute Gasteiger partial charge is 0.274 e. The largest absolute Gasteiger partial charge is 0.319 e. The summed E-state index contributed by atoms with van der Waals surface area (Å²) in [6, 6.07) is 7.43. The van der Waals surface area contributed by atoms with Gasteiger partial charge in [-0.25, -0.2) is 9.67 Å². The fourth-order valence-corrected chi connectivity index (χ4v) is 3.29. The molecule has 0 radical (unpaired) electrons. The van der Waals surface area contributed by atoms with Crippen LogP contribution in [0.15, 0.2) is 36.5 Å². The monoisotopic (exact) mass is 442 g/mol. The minimum atomic E-state index is -0.608. The summed E-state index contributed by atoms with van der Waals surface area (Å²) < 4.78 is 1.21. The van der Waals surface area contributed by atoms with E-state index in [-0.39, 0.29) is 48.8 Å². The first kappa shape index (κ1) is 19.6. The molecule has 0 saturated carbocycles. The maximum absolute atomic E-state index is 12.8. The Bertz CT molecular complexity index is 1070. The van der Waals surface area contributed by atoms with E-state index in [0.717, 1.165) is 0 Å². The Balaban J connectivity index is 2.05. The Morgan fingerprint density at radius 3 is 2.48 bits per heavy atom. The Morgan fingerprint density at radius 1 is 1.07 bits per heavy atom. The van der Waals surface area contributed by atoms with Gasteiger partial charge in [0.15, 0.2) is 16.8 Å². The summed E-state index contributed by atoms with van der Waals surface area (Å²) in [6.07, 6.45) is 1.50. The van der Waals surface area contributed by atoms with Crippen LogP contribution in [0.3, 0.4) is 0 Å². The number of Topliss-reactive ketones (excluding diaryl/α,β-unsaturated/α-hetero) is 1. The highest BCUT2D eigenvalue weighted by molar-refractivity contribution is 6.38. The van der Waals surface area contributed by atoms with Crippen LogP contribution in [-0.2, 0) is 0 Å². The van der Waals surface area contributed by atoms with E-state index in [1.54, 1.807) is 12.1 Å². The number of aromatic nitrogens is 3. The summed E-state index contributed by atoms with van der Waals surface area (Å²) in [5.74, 6) is -0.693. The van der Waals surface area contributed by atoms with Crippen molar-refractivity contribution in [3.05, 3.63) is 68.0 Å². The highest BCUT2D eigenvalue weighted by atomic mass is 35.5. The topological polar surface area (TPSA) is 76.9 Å². The normalized spacial score (nSPS) is 10.7. The zero-order valence-electron chi connectivity index (χ0n) is 13.6. The predicted octanol–water partition coefficient (Wildman–Crippen LogP) is 5.34. The number of nitrogens with zero attached hydrogens (tertiary/aromatic N) is 3. The molecule has 0 fully saturated rings. The molecule has 0 saturated heterocycles. The number of pyridine rings is 1. The second kappa shape index (κ2) is 7.86. The first-order chi connectivity index (χ1) is 12.8. The van der Waals surface area contributed by atoms with Crippen molar-refractivity contribution in [1.82, 2.24) is 14.8 Å². The van der Waals surface area contributed by atoms with Gasteiger partial charge in [0.1, 0.15) is 5.69 Å². The molecule has 0 atom stereocenters. The highest BCUT2D eigenvalue weighted by Gasteiger charge is 2.22. The molecule has 0 aliphatic rings. The van der Waals surface area contributed by atoms with E-state index < -0.39 is 5.91 Å². The van der Waals surface area contributed by atoms with Gasteiger partial charge in [0, 0.05) is 22.8 Å². The Kier molecular flexibility index (Phi) is 5.72. The average Bonchev–Trinajstić information content (AvgIpc) is 2.99. The summed E-state index contributed by atoms with van der Waals surface area (Å²) in [5, 5.41) is 7.40. The summed E-state index contributed by atoms with van der Waals surface area (Å²) in [6.45, 7) is 1.34. The lowest BCUT2D eigenvalue weighted by molar-refractivity contribution is 0.101. The molecule has 10 heteroatoms. The molecule has 1 N–H and O–H groups in total. The van der Waals surface area contributed by atoms with Crippen LogP contribution in [0.4, 0.5) is 5.69 Å². The molecule has 27 heavy (non-hydrogen) atoms. The van der Waals surface area contributed by atoms with Gasteiger partial charge in [0.25, 0.3) is 5.91 Å². The first-order valence-electron chi connectivity index (χ1n) is 7.45. The van der Waals surface area contributed by atoms with Crippen molar-refractivity contribution in [2.75, 3.05) is 5.32 Å². The maximum atomic E-state index is 12.8. The molecule has 0 aliphatic carbocycles. The molecule has 0 aliphatic heterocycles. The van der Waals surface area contributed by atoms with E-state index >= 15 is 0 Å². The maximum Gasteiger partial charge on any atom is 0.274 e. The minimum absolute atomic E-state index is 0.0566. The third-order valence-electron chi connectivity index (χ3n) is 3.52. The number of ketones is 1. The number of benzene rings is 1. The van der Waals surface area contributed by atoms with Gasteiger partial charge in [0.05, 0.1) is 15.7 Å². The van der Waals surface area contributed by atoms with Crippen LogP contribution < -0.4 is 5.32 Å². The summed E-state index contributed by atoms with van der Waals surface area (Å²) in [4.78, 5) is 28.9. The van der Waals surface area contributed by atoms with Crippen molar-refractivity contribution < 1.29 is 9.59 Å². The number of hydrogen-bond acceptors (Lipinski definition) is 4. The number of amides is 1. The number of carbonyl (C=O) groups is 2. The van der Waals surface area contributed by atoms with E-state index in [1.165, 1.54) is 36.0 Å². The Labute approximate surface area is 174 Å².